The Bertz CT molecular complexity index is 1600. The topological polar surface area (TPSA) is 107 Å². The average Bonchev–Trinajstić information content (AvgIpc) is 3.70. The number of carbonyl (C=O) groups is 2. The van der Waals surface area contributed by atoms with Gasteiger partial charge >= 0.3 is 0 Å². The first-order chi connectivity index (χ1) is 21.0. The zero-order chi connectivity index (χ0) is 30.9. The fourth-order valence-corrected chi connectivity index (χ4v) is 9.11. The maximum atomic E-state index is 16.2. The summed E-state index contributed by atoms with van der Waals surface area (Å²) in [5, 5.41) is 11.0. The molecule has 0 radical (unpaired) electrons. The predicted octanol–water partition coefficient (Wildman–Crippen LogP) is 7.62. The van der Waals surface area contributed by atoms with E-state index in [9.17, 15) is 9.59 Å². The van der Waals surface area contributed by atoms with Gasteiger partial charge in [0.25, 0.3) is 0 Å². The molecule has 2 aromatic heterocycles. The number of aromatic nitrogens is 3. The number of benzene rings is 1. The number of ketones is 1. The first kappa shape index (κ1) is 29.8. The lowest BCUT2D eigenvalue weighted by Gasteiger charge is -2.50. The molecule has 7 rings (SSSR count). The lowest BCUT2D eigenvalue weighted by molar-refractivity contribution is -0.127. The summed E-state index contributed by atoms with van der Waals surface area (Å²) in [4.78, 5) is 33.6. The lowest BCUT2D eigenvalue weighted by atomic mass is 9.51. The van der Waals surface area contributed by atoms with Gasteiger partial charge in [-0.05, 0) is 79.4 Å². The molecule has 0 bridgehead atoms. The van der Waals surface area contributed by atoms with E-state index < -0.39 is 28.5 Å². The van der Waals surface area contributed by atoms with E-state index in [1.807, 2.05) is 6.07 Å². The lowest BCUT2D eigenvalue weighted by Crippen LogP contribution is -2.52. The third-order valence-corrected chi connectivity index (χ3v) is 11.5. The summed E-state index contributed by atoms with van der Waals surface area (Å²) in [6, 6.07) is 8.42. The monoisotopic (exact) mass is 640 g/mol. The number of Topliss-reactive ketones (excluding diaryl/α,β-unsaturated/α-hetero) is 1. The highest BCUT2D eigenvalue weighted by molar-refractivity contribution is 6.31. The molecule has 2 aliphatic heterocycles. The van der Waals surface area contributed by atoms with E-state index in [0.29, 0.717) is 42.3 Å². The van der Waals surface area contributed by atoms with E-state index in [-0.39, 0.29) is 45.7 Å². The molecule has 1 aromatic carbocycles. The van der Waals surface area contributed by atoms with Crippen LogP contribution in [0.25, 0.3) is 0 Å². The van der Waals surface area contributed by atoms with Crippen LogP contribution in [0.2, 0.25) is 10.2 Å². The second kappa shape index (κ2) is 10.9. The Morgan fingerprint density at radius 3 is 2.61 bits per heavy atom. The summed E-state index contributed by atoms with van der Waals surface area (Å²) in [5.74, 6) is -1.38. The van der Waals surface area contributed by atoms with Crippen LogP contribution in [0.3, 0.4) is 0 Å². The van der Waals surface area contributed by atoms with E-state index in [1.165, 1.54) is 12.5 Å². The number of nitrogens with one attached hydrogen (secondary N) is 1. The second-order valence-electron chi connectivity index (χ2n) is 13.9. The zero-order valence-corrected chi connectivity index (χ0v) is 26.3. The Balaban J connectivity index is 1.31. The smallest absolute Gasteiger partial charge is 0.244 e. The average molecular weight is 642 g/mol. The van der Waals surface area contributed by atoms with E-state index >= 15 is 4.39 Å². The summed E-state index contributed by atoms with van der Waals surface area (Å²) in [6.07, 6.45) is 6.38. The van der Waals surface area contributed by atoms with E-state index in [2.05, 4.69) is 34.3 Å². The van der Waals surface area contributed by atoms with Gasteiger partial charge in [-0.25, -0.2) is 9.37 Å². The molecule has 4 heterocycles. The number of rotatable bonds is 5. The molecule has 5 atom stereocenters. The van der Waals surface area contributed by atoms with Gasteiger partial charge in [0.05, 0.1) is 17.0 Å². The van der Waals surface area contributed by atoms with Crippen molar-refractivity contribution in [2.24, 2.45) is 22.7 Å². The van der Waals surface area contributed by atoms with Gasteiger partial charge in [-0.2, -0.15) is 0 Å². The summed E-state index contributed by atoms with van der Waals surface area (Å²) >= 11 is 12.7. The number of halogens is 3. The highest BCUT2D eigenvalue weighted by Crippen LogP contribution is 2.72. The fraction of sp³-hybridized carbons (Fsp3) is 0.545. The second-order valence-corrected chi connectivity index (χ2v) is 14.7. The minimum Gasteiger partial charge on any atom is -0.425 e. The van der Waals surface area contributed by atoms with Crippen LogP contribution in [0.1, 0.15) is 94.3 Å². The number of amides is 1. The molecule has 1 amide bonds. The highest BCUT2D eigenvalue weighted by Gasteiger charge is 2.72. The normalized spacial score (nSPS) is 30.4. The summed E-state index contributed by atoms with van der Waals surface area (Å²) < 4.78 is 27.5. The quantitative estimate of drug-likeness (QED) is 0.286. The van der Waals surface area contributed by atoms with Crippen LogP contribution < -0.4 is 5.32 Å². The number of hydrogen-bond acceptors (Lipinski definition) is 7. The summed E-state index contributed by atoms with van der Waals surface area (Å²) in [5.41, 5.74) is -0.717. The number of hydrogen-bond donors (Lipinski definition) is 1. The van der Waals surface area contributed by atoms with Gasteiger partial charge in [-0.15, -0.1) is 10.2 Å². The van der Waals surface area contributed by atoms with Crippen molar-refractivity contribution in [3.05, 3.63) is 69.7 Å². The molecule has 2 saturated carbocycles. The minimum absolute atomic E-state index is 0.0171. The molecular weight excluding hydrogens is 606 g/mol. The van der Waals surface area contributed by atoms with Gasteiger partial charge < -0.3 is 14.5 Å². The Hall–Kier alpha value is -2.88. The summed E-state index contributed by atoms with van der Waals surface area (Å²) in [7, 11) is 0. The van der Waals surface area contributed by atoms with Crippen LogP contribution in [-0.4, -0.2) is 33.5 Å². The van der Waals surface area contributed by atoms with E-state index in [0.717, 1.165) is 32.1 Å². The molecule has 3 aromatic rings. The van der Waals surface area contributed by atoms with Crippen LogP contribution in [0.4, 0.5) is 10.2 Å². The van der Waals surface area contributed by atoms with E-state index in [1.54, 1.807) is 18.2 Å². The molecule has 2 spiro atoms. The van der Waals surface area contributed by atoms with Gasteiger partial charge in [0, 0.05) is 23.8 Å². The molecule has 44 heavy (non-hydrogen) atoms. The largest absolute Gasteiger partial charge is 0.425 e. The Morgan fingerprint density at radius 1 is 1.11 bits per heavy atom. The van der Waals surface area contributed by atoms with Crippen LogP contribution in [-0.2, 0) is 19.7 Å². The van der Waals surface area contributed by atoms with Crippen molar-refractivity contribution in [1.29, 1.82) is 0 Å². The minimum atomic E-state index is -1.21. The molecule has 0 unspecified atom stereocenters. The third-order valence-electron chi connectivity index (χ3n) is 11.0. The maximum absolute atomic E-state index is 16.2. The van der Waals surface area contributed by atoms with Gasteiger partial charge in [0.15, 0.2) is 0 Å². The van der Waals surface area contributed by atoms with Crippen molar-refractivity contribution in [2.75, 3.05) is 11.9 Å². The molecule has 2 aliphatic carbocycles. The van der Waals surface area contributed by atoms with Crippen LogP contribution in [0.15, 0.2) is 41.1 Å². The number of pyridine rings is 1. The van der Waals surface area contributed by atoms with Crippen LogP contribution >= 0.6 is 23.2 Å². The number of fused-ring (bicyclic) bond motifs is 3. The first-order valence-electron chi connectivity index (χ1n) is 15.4. The van der Waals surface area contributed by atoms with Gasteiger partial charge in [-0.3, -0.25) is 9.59 Å². The van der Waals surface area contributed by atoms with Crippen molar-refractivity contribution in [3.63, 3.8) is 0 Å². The molecule has 232 valence electrons. The molecule has 1 N–H and O–H groups in total. The first-order valence-corrected chi connectivity index (χ1v) is 16.1. The molecule has 8 nitrogen and oxygen atoms in total. The van der Waals surface area contributed by atoms with Crippen molar-refractivity contribution in [1.82, 2.24) is 15.2 Å². The molecule has 11 heteroatoms. The van der Waals surface area contributed by atoms with Crippen LogP contribution in [0.5, 0.6) is 0 Å². The Labute approximate surface area is 265 Å². The molecule has 1 saturated heterocycles. The molecule has 4 aliphatic rings. The number of nitrogens with zero attached hydrogens (tertiary/aromatic N) is 3. The van der Waals surface area contributed by atoms with Crippen LogP contribution in [0, 0.1) is 28.5 Å². The Kier molecular flexibility index (Phi) is 7.37. The maximum Gasteiger partial charge on any atom is 0.244 e. The number of anilines is 1. The van der Waals surface area contributed by atoms with Crippen molar-refractivity contribution in [2.45, 2.75) is 82.7 Å². The summed E-state index contributed by atoms with van der Waals surface area (Å²) in [6.45, 7) is 4.86. The van der Waals surface area contributed by atoms with Crippen molar-refractivity contribution < 1.29 is 23.1 Å². The van der Waals surface area contributed by atoms with Gasteiger partial charge in [0.1, 0.15) is 28.7 Å². The van der Waals surface area contributed by atoms with Crippen molar-refractivity contribution in [3.8, 4) is 0 Å². The van der Waals surface area contributed by atoms with Crippen molar-refractivity contribution >= 4 is 40.7 Å². The molecular formula is C33H35Cl2FN4O4. The highest BCUT2D eigenvalue weighted by atomic mass is 35.5. The number of ether oxygens (including phenoxy) is 1. The number of carbonyl (C=O) groups excluding carboxylic acids is 2. The SMILES string of the molecule is CC1(C)CCC2(CC1)C[C@@H](C(=O)C[C@@H]1CC[C@@H](c3nnco3)OC1)[C@H](c1cccc(Cl)c1F)[C@]21C(=O)Nc2nc(Cl)ccc21. The Morgan fingerprint density at radius 2 is 1.91 bits per heavy atom. The standard InChI is InChI=1S/C33H35Cl2FN4O4/c1-31(2)10-12-32(13-11-31)15-20(23(41)14-18-6-8-24(43-16-18)29-40-37-17-44-29)26(19-4-3-5-22(34)27(19)36)33(32)21-7-9-25(35)38-28(21)39-30(33)42/h3-5,7,9,17-18,20,24,26H,6,8,10-16H2,1-2H3,(H,38,39,42)/t18-,20-,24-,26-,33+/m0/s1. The predicted molar refractivity (Wildman–Crippen MR) is 162 cm³/mol. The molecule has 3 fully saturated rings. The van der Waals surface area contributed by atoms with E-state index in [4.69, 9.17) is 32.4 Å². The fourth-order valence-electron chi connectivity index (χ4n) is 8.78. The zero-order valence-electron chi connectivity index (χ0n) is 24.7. The van der Waals surface area contributed by atoms with Gasteiger partial charge in [0.2, 0.25) is 18.2 Å². The van der Waals surface area contributed by atoms with Gasteiger partial charge in [-0.1, -0.05) is 55.2 Å². The third kappa shape index (κ3) is 4.60.